The summed E-state index contributed by atoms with van der Waals surface area (Å²) in [5, 5.41) is 3.10. The maximum Gasteiger partial charge on any atom is 0.252 e. The highest BCUT2D eigenvalue weighted by atomic mass is 79.9. The maximum absolute atomic E-state index is 12.3. The zero-order chi connectivity index (χ0) is 14.4. The summed E-state index contributed by atoms with van der Waals surface area (Å²) in [6.07, 6.45) is 1.76. The Morgan fingerprint density at radius 2 is 1.75 bits per heavy atom. The molecule has 1 amide bonds. The number of carbonyl (C=O) groups excluding carboxylic acids is 1. The highest BCUT2D eigenvalue weighted by molar-refractivity contribution is 9.10. The molecule has 20 heavy (non-hydrogen) atoms. The van der Waals surface area contributed by atoms with Crippen molar-refractivity contribution in [2.45, 2.75) is 25.8 Å². The summed E-state index contributed by atoms with van der Waals surface area (Å²) in [4.78, 5) is 12.3. The van der Waals surface area contributed by atoms with Crippen molar-refractivity contribution in [2.24, 2.45) is 0 Å². The van der Waals surface area contributed by atoms with Gasteiger partial charge in [0.15, 0.2) is 0 Å². The Morgan fingerprint density at radius 1 is 1.10 bits per heavy atom. The Kier molecular flexibility index (Phi) is 5.36. The number of hydrogen-bond donors (Lipinski definition) is 1. The fourth-order valence-corrected chi connectivity index (χ4v) is 2.57. The molecule has 0 fully saturated rings. The van der Waals surface area contributed by atoms with Gasteiger partial charge in [-0.05, 0) is 46.5 Å². The van der Waals surface area contributed by atoms with Gasteiger partial charge in [0.25, 0.3) is 5.91 Å². The molecule has 0 saturated heterocycles. The first-order valence-corrected chi connectivity index (χ1v) is 7.59. The summed E-state index contributed by atoms with van der Waals surface area (Å²) in [6.45, 7) is 2.09. The number of rotatable bonds is 5. The number of benzene rings is 2. The van der Waals surface area contributed by atoms with Gasteiger partial charge in [0.1, 0.15) is 0 Å². The minimum atomic E-state index is -0.0275. The molecule has 0 radical (unpaired) electrons. The normalized spacial score (nSPS) is 11.9. The van der Waals surface area contributed by atoms with E-state index in [9.17, 15) is 4.79 Å². The molecular formula is C17H18BrNO. The summed E-state index contributed by atoms with van der Waals surface area (Å²) in [7, 11) is 0. The second kappa shape index (κ2) is 7.25. The van der Waals surface area contributed by atoms with Crippen LogP contribution in [-0.2, 0) is 6.42 Å². The summed E-state index contributed by atoms with van der Waals surface area (Å²) in [5.41, 5.74) is 1.92. The van der Waals surface area contributed by atoms with Crippen LogP contribution in [0.3, 0.4) is 0 Å². The van der Waals surface area contributed by atoms with Crippen molar-refractivity contribution < 1.29 is 4.79 Å². The minimum absolute atomic E-state index is 0.0275. The predicted molar refractivity (Wildman–Crippen MR) is 85.8 cm³/mol. The van der Waals surface area contributed by atoms with Crippen molar-refractivity contribution in [3.05, 3.63) is 70.2 Å². The largest absolute Gasteiger partial charge is 0.349 e. The van der Waals surface area contributed by atoms with Crippen LogP contribution in [0.4, 0.5) is 0 Å². The second-order valence-corrected chi connectivity index (χ2v) is 5.60. The Morgan fingerprint density at radius 3 is 2.40 bits per heavy atom. The lowest BCUT2D eigenvalue weighted by Crippen LogP contribution is -2.36. The van der Waals surface area contributed by atoms with Crippen LogP contribution in [0.2, 0.25) is 0 Å². The van der Waals surface area contributed by atoms with Gasteiger partial charge in [0.2, 0.25) is 0 Å². The maximum atomic E-state index is 12.3. The van der Waals surface area contributed by atoms with E-state index in [1.807, 2.05) is 42.5 Å². The van der Waals surface area contributed by atoms with E-state index in [1.54, 1.807) is 0 Å². The van der Waals surface area contributed by atoms with Crippen LogP contribution in [0.1, 0.15) is 29.3 Å². The average Bonchev–Trinajstić information content (AvgIpc) is 2.48. The van der Waals surface area contributed by atoms with Gasteiger partial charge in [-0.2, -0.15) is 0 Å². The third-order valence-electron chi connectivity index (χ3n) is 3.27. The third kappa shape index (κ3) is 3.94. The number of hydrogen-bond acceptors (Lipinski definition) is 1. The molecule has 0 aromatic heterocycles. The molecule has 2 nitrogen and oxygen atoms in total. The molecule has 1 atom stereocenters. The molecular weight excluding hydrogens is 314 g/mol. The summed E-state index contributed by atoms with van der Waals surface area (Å²) in [6, 6.07) is 17.9. The highest BCUT2D eigenvalue weighted by Gasteiger charge is 2.14. The molecule has 2 aromatic carbocycles. The smallest absolute Gasteiger partial charge is 0.252 e. The lowest BCUT2D eigenvalue weighted by Gasteiger charge is -2.17. The van der Waals surface area contributed by atoms with E-state index in [2.05, 4.69) is 40.3 Å². The molecule has 104 valence electrons. The molecule has 0 saturated carbocycles. The van der Waals surface area contributed by atoms with Crippen LogP contribution in [0, 0.1) is 0 Å². The molecule has 0 heterocycles. The van der Waals surface area contributed by atoms with Crippen LogP contribution in [-0.4, -0.2) is 11.9 Å². The number of nitrogens with one attached hydrogen (secondary N) is 1. The SMILES string of the molecule is CC[C@H](Cc1ccccc1)NC(=O)c1ccccc1Br. The van der Waals surface area contributed by atoms with Gasteiger partial charge in [-0.25, -0.2) is 0 Å². The van der Waals surface area contributed by atoms with Crippen LogP contribution < -0.4 is 5.32 Å². The standard InChI is InChI=1S/C17H18BrNO/c1-2-14(12-13-8-4-3-5-9-13)19-17(20)15-10-6-7-11-16(15)18/h3-11,14H,2,12H2,1H3,(H,19,20)/t14-/m1/s1. The molecule has 0 aliphatic heterocycles. The summed E-state index contributed by atoms with van der Waals surface area (Å²) >= 11 is 3.41. The van der Waals surface area contributed by atoms with Gasteiger partial charge in [-0.1, -0.05) is 49.4 Å². The third-order valence-corrected chi connectivity index (χ3v) is 3.96. The first kappa shape index (κ1) is 14.8. The van der Waals surface area contributed by atoms with Gasteiger partial charge in [0.05, 0.1) is 5.56 Å². The minimum Gasteiger partial charge on any atom is -0.349 e. The first-order valence-electron chi connectivity index (χ1n) is 6.80. The zero-order valence-corrected chi connectivity index (χ0v) is 13.1. The summed E-state index contributed by atoms with van der Waals surface area (Å²) < 4.78 is 0.826. The molecule has 2 rings (SSSR count). The zero-order valence-electron chi connectivity index (χ0n) is 11.5. The van der Waals surface area contributed by atoms with Crippen molar-refractivity contribution in [1.82, 2.24) is 5.32 Å². The Labute approximate surface area is 128 Å². The molecule has 0 aliphatic carbocycles. The predicted octanol–water partition coefficient (Wildman–Crippen LogP) is 4.20. The molecule has 0 aliphatic rings. The van der Waals surface area contributed by atoms with E-state index in [0.717, 1.165) is 17.3 Å². The van der Waals surface area contributed by atoms with E-state index in [-0.39, 0.29) is 11.9 Å². The molecule has 0 unspecified atom stereocenters. The summed E-state index contributed by atoms with van der Waals surface area (Å²) in [5.74, 6) is -0.0275. The fourth-order valence-electron chi connectivity index (χ4n) is 2.10. The van der Waals surface area contributed by atoms with Gasteiger partial charge in [0, 0.05) is 10.5 Å². The average molecular weight is 332 g/mol. The van der Waals surface area contributed by atoms with E-state index >= 15 is 0 Å². The van der Waals surface area contributed by atoms with Crippen molar-refractivity contribution >= 4 is 21.8 Å². The topological polar surface area (TPSA) is 29.1 Å². The van der Waals surface area contributed by atoms with Crippen LogP contribution in [0.25, 0.3) is 0 Å². The van der Waals surface area contributed by atoms with Crippen LogP contribution in [0.5, 0.6) is 0 Å². The van der Waals surface area contributed by atoms with E-state index in [0.29, 0.717) is 5.56 Å². The second-order valence-electron chi connectivity index (χ2n) is 4.75. The van der Waals surface area contributed by atoms with E-state index < -0.39 is 0 Å². The van der Waals surface area contributed by atoms with E-state index in [4.69, 9.17) is 0 Å². The van der Waals surface area contributed by atoms with E-state index in [1.165, 1.54) is 5.56 Å². The van der Waals surface area contributed by atoms with Crippen LogP contribution in [0.15, 0.2) is 59.1 Å². The monoisotopic (exact) mass is 331 g/mol. The van der Waals surface area contributed by atoms with Gasteiger partial charge >= 0.3 is 0 Å². The molecule has 3 heteroatoms. The lowest BCUT2D eigenvalue weighted by atomic mass is 10.0. The Hall–Kier alpha value is -1.61. The van der Waals surface area contributed by atoms with Crippen molar-refractivity contribution in [1.29, 1.82) is 0 Å². The van der Waals surface area contributed by atoms with Crippen LogP contribution >= 0.6 is 15.9 Å². The number of halogens is 1. The van der Waals surface area contributed by atoms with Gasteiger partial charge < -0.3 is 5.32 Å². The Balaban J connectivity index is 2.03. The van der Waals surface area contributed by atoms with Crippen molar-refractivity contribution in [2.75, 3.05) is 0 Å². The lowest BCUT2D eigenvalue weighted by molar-refractivity contribution is 0.0935. The first-order chi connectivity index (χ1) is 9.70. The quantitative estimate of drug-likeness (QED) is 0.873. The van der Waals surface area contributed by atoms with Gasteiger partial charge in [-0.15, -0.1) is 0 Å². The van der Waals surface area contributed by atoms with Gasteiger partial charge in [-0.3, -0.25) is 4.79 Å². The number of amides is 1. The molecule has 0 bridgehead atoms. The number of carbonyl (C=O) groups is 1. The van der Waals surface area contributed by atoms with Crippen molar-refractivity contribution in [3.8, 4) is 0 Å². The molecule has 1 N–H and O–H groups in total. The fraction of sp³-hybridized carbons (Fsp3) is 0.235. The molecule has 0 spiro atoms. The molecule has 2 aromatic rings. The highest BCUT2D eigenvalue weighted by Crippen LogP contribution is 2.16. The van der Waals surface area contributed by atoms with Crippen molar-refractivity contribution in [3.63, 3.8) is 0 Å². The Bertz CT molecular complexity index is 568.